The average Bonchev–Trinajstić information content (AvgIpc) is 3.03. The number of nitrogens with zero attached hydrogens (tertiary/aromatic N) is 6. The van der Waals surface area contributed by atoms with Crippen LogP contribution >= 0.6 is 0 Å². The maximum atomic E-state index is 12.5. The zero-order valence-corrected chi connectivity index (χ0v) is 22.4. The molecule has 0 spiro atoms. The van der Waals surface area contributed by atoms with Crippen LogP contribution in [0.3, 0.4) is 0 Å². The van der Waals surface area contributed by atoms with Gasteiger partial charge >= 0.3 is 6.09 Å². The number of carbonyl (C=O) groups excluding carboxylic acids is 1. The van der Waals surface area contributed by atoms with Gasteiger partial charge in [0, 0.05) is 77.3 Å². The minimum atomic E-state index is -0.520. The number of nitrogens with two attached hydrogens (primary N) is 1. The molecule has 0 bridgehead atoms. The van der Waals surface area contributed by atoms with Crippen LogP contribution in [0.25, 0.3) is 0 Å². The third-order valence-corrected chi connectivity index (χ3v) is 6.51. The lowest BCUT2D eigenvalue weighted by Gasteiger charge is -2.37. The number of pyridine rings is 1. The van der Waals surface area contributed by atoms with Crippen molar-refractivity contribution in [1.29, 1.82) is 0 Å². The van der Waals surface area contributed by atoms with Gasteiger partial charge in [-0.2, -0.15) is 0 Å². The molecule has 3 rings (SSSR count). The van der Waals surface area contributed by atoms with Crippen molar-refractivity contribution in [3.63, 3.8) is 0 Å². The first-order valence-corrected chi connectivity index (χ1v) is 12.8. The smallest absolute Gasteiger partial charge is 0.410 e. The first-order chi connectivity index (χ1) is 17.1. The molecule has 0 aliphatic carbocycles. The number of amides is 1. The van der Waals surface area contributed by atoms with Gasteiger partial charge in [0.25, 0.3) is 0 Å². The number of carbonyl (C=O) groups is 1. The highest BCUT2D eigenvalue weighted by atomic mass is 16.6. The van der Waals surface area contributed by atoms with E-state index < -0.39 is 5.60 Å². The number of hydrogen-bond donors (Lipinski definition) is 2. The predicted molar refractivity (Wildman–Crippen MR) is 141 cm³/mol. The predicted octanol–water partition coefficient (Wildman–Crippen LogP) is 2.17. The summed E-state index contributed by atoms with van der Waals surface area (Å²) < 4.78 is 10.7. The first-order valence-electron chi connectivity index (χ1n) is 12.8. The van der Waals surface area contributed by atoms with Crippen LogP contribution in [0.2, 0.25) is 0 Å². The highest BCUT2D eigenvalue weighted by Gasteiger charge is 2.28. The molecular weight excluding hydrogens is 462 g/mol. The van der Waals surface area contributed by atoms with Crippen LogP contribution < -0.4 is 15.5 Å². The van der Waals surface area contributed by atoms with Gasteiger partial charge in [0.05, 0.1) is 0 Å². The fourth-order valence-corrected chi connectivity index (χ4v) is 4.71. The zero-order valence-electron chi connectivity index (χ0n) is 22.4. The molecule has 11 heteroatoms. The molecule has 0 radical (unpaired) electrons. The van der Waals surface area contributed by atoms with E-state index >= 15 is 0 Å². The summed E-state index contributed by atoms with van der Waals surface area (Å²) in [6, 6.07) is 4.18. The van der Waals surface area contributed by atoms with Crippen molar-refractivity contribution in [3.8, 4) is 0 Å². The monoisotopic (exact) mass is 505 g/mol. The molecule has 3 heterocycles. The fraction of sp³-hybridized carbons (Fsp3) is 0.720. The molecular formula is C25H43N7O4. The summed E-state index contributed by atoms with van der Waals surface area (Å²) in [6.07, 6.45) is 1.75. The van der Waals surface area contributed by atoms with Gasteiger partial charge in [0.1, 0.15) is 17.1 Å². The first kappa shape index (κ1) is 27.8. The van der Waals surface area contributed by atoms with E-state index in [4.69, 9.17) is 20.2 Å². The largest absolute Gasteiger partial charge is 0.444 e. The van der Waals surface area contributed by atoms with Crippen LogP contribution in [0.4, 0.5) is 16.3 Å². The van der Waals surface area contributed by atoms with E-state index in [1.165, 1.54) is 0 Å². The Morgan fingerprint density at radius 2 is 1.92 bits per heavy atom. The van der Waals surface area contributed by atoms with Crippen molar-refractivity contribution in [1.82, 2.24) is 14.8 Å². The second kappa shape index (κ2) is 12.4. The molecule has 11 nitrogen and oxygen atoms in total. The molecule has 202 valence electrons. The molecule has 1 amide bonds. The Kier molecular flexibility index (Phi) is 9.61. The van der Waals surface area contributed by atoms with Gasteiger partial charge in [-0.3, -0.25) is 0 Å². The summed E-state index contributed by atoms with van der Waals surface area (Å²) in [4.78, 5) is 26.0. The van der Waals surface area contributed by atoms with Gasteiger partial charge in [-0.15, -0.1) is 0 Å². The molecule has 3 N–H and O–H groups in total. The molecule has 2 fully saturated rings. The van der Waals surface area contributed by atoms with Crippen molar-refractivity contribution in [2.75, 3.05) is 75.9 Å². The summed E-state index contributed by atoms with van der Waals surface area (Å²) in [5.74, 6) is 0.795. The van der Waals surface area contributed by atoms with Gasteiger partial charge in [0.2, 0.25) is 0 Å². The molecule has 0 unspecified atom stereocenters. The zero-order chi connectivity index (χ0) is 26.3. The maximum absolute atomic E-state index is 12.5. The van der Waals surface area contributed by atoms with Crippen molar-refractivity contribution in [2.45, 2.75) is 52.2 Å². The SMILES string of the molecule is COCCCN1CCCN(c2cc(N3CCN(C(=O)OC(C)(C)C)CC3)cc(/C(N)=N/O)n2)[C@@H](C)C1. The summed E-state index contributed by atoms with van der Waals surface area (Å²) in [6.45, 7) is 14.9. The van der Waals surface area contributed by atoms with Gasteiger partial charge in [-0.05, 0) is 53.1 Å². The van der Waals surface area contributed by atoms with E-state index in [9.17, 15) is 10.0 Å². The third kappa shape index (κ3) is 7.60. The summed E-state index contributed by atoms with van der Waals surface area (Å²) in [5.41, 5.74) is 6.84. The lowest BCUT2D eigenvalue weighted by atomic mass is 10.2. The number of aromatic nitrogens is 1. The van der Waals surface area contributed by atoms with Gasteiger partial charge in [-0.1, -0.05) is 5.16 Å². The molecule has 2 aliphatic heterocycles. The normalized spacial score (nSPS) is 20.4. The molecule has 36 heavy (non-hydrogen) atoms. The summed E-state index contributed by atoms with van der Waals surface area (Å²) >= 11 is 0. The standard InChI is InChI=1S/C25H43N7O4/c1-19-18-29(9-7-15-35-5)8-6-10-32(19)22-17-20(16-21(27-22)23(26)28-34)30-11-13-31(14-12-30)24(33)36-25(2,3)4/h16-17,19,34H,6-15,18H2,1-5H3,(H2,26,28)/t19-/m0/s1. The van der Waals surface area contributed by atoms with Crippen LogP contribution in [0.5, 0.6) is 0 Å². The van der Waals surface area contributed by atoms with Crippen molar-refractivity contribution >= 4 is 23.4 Å². The molecule has 1 aromatic heterocycles. The van der Waals surface area contributed by atoms with Crippen molar-refractivity contribution in [3.05, 3.63) is 17.8 Å². The molecule has 1 aromatic rings. The number of piperazine rings is 1. The van der Waals surface area contributed by atoms with Crippen LogP contribution in [0.1, 0.15) is 46.2 Å². The number of rotatable bonds is 7. The quantitative estimate of drug-likeness (QED) is 0.189. The lowest BCUT2D eigenvalue weighted by Crippen LogP contribution is -2.50. The van der Waals surface area contributed by atoms with Crippen LogP contribution in [0, 0.1) is 0 Å². The molecule has 2 aliphatic rings. The Morgan fingerprint density at radius 3 is 2.56 bits per heavy atom. The second-order valence-corrected chi connectivity index (χ2v) is 10.6. The van der Waals surface area contributed by atoms with E-state index in [1.807, 2.05) is 26.8 Å². The summed E-state index contributed by atoms with van der Waals surface area (Å²) in [7, 11) is 1.74. The van der Waals surface area contributed by atoms with E-state index in [-0.39, 0.29) is 18.0 Å². The Hall–Kier alpha value is -2.79. The lowest BCUT2D eigenvalue weighted by molar-refractivity contribution is 0.0240. The van der Waals surface area contributed by atoms with Crippen molar-refractivity contribution < 1.29 is 19.5 Å². The molecule has 2 saturated heterocycles. The minimum Gasteiger partial charge on any atom is -0.444 e. The van der Waals surface area contributed by atoms with E-state index in [1.54, 1.807) is 12.0 Å². The summed E-state index contributed by atoms with van der Waals surface area (Å²) in [5, 5.41) is 12.5. The van der Waals surface area contributed by atoms with E-state index in [0.717, 1.165) is 57.1 Å². The average molecular weight is 506 g/mol. The molecule has 0 aromatic carbocycles. The van der Waals surface area contributed by atoms with Crippen LogP contribution in [-0.4, -0.2) is 110 Å². The Morgan fingerprint density at radius 1 is 1.19 bits per heavy atom. The van der Waals surface area contributed by atoms with E-state index in [0.29, 0.717) is 31.9 Å². The van der Waals surface area contributed by atoms with Crippen molar-refractivity contribution in [2.24, 2.45) is 10.9 Å². The van der Waals surface area contributed by atoms with Crippen LogP contribution in [0.15, 0.2) is 17.3 Å². The number of hydrogen-bond acceptors (Lipinski definition) is 9. The number of methoxy groups -OCH3 is 1. The van der Waals surface area contributed by atoms with Crippen LogP contribution in [-0.2, 0) is 9.47 Å². The second-order valence-electron chi connectivity index (χ2n) is 10.6. The highest BCUT2D eigenvalue weighted by molar-refractivity contribution is 5.96. The van der Waals surface area contributed by atoms with Gasteiger partial charge in [-0.25, -0.2) is 9.78 Å². The third-order valence-electron chi connectivity index (χ3n) is 6.51. The Labute approximate surface area is 214 Å². The number of oxime groups is 1. The fourth-order valence-electron chi connectivity index (χ4n) is 4.71. The minimum absolute atomic E-state index is 0.0193. The number of amidine groups is 1. The molecule has 1 atom stereocenters. The number of ether oxygens (including phenoxy) is 2. The number of anilines is 2. The molecule has 0 saturated carbocycles. The van der Waals surface area contributed by atoms with E-state index in [2.05, 4.69) is 32.8 Å². The Balaban J connectivity index is 1.76. The van der Waals surface area contributed by atoms with Gasteiger partial charge in [0.15, 0.2) is 5.84 Å². The van der Waals surface area contributed by atoms with Gasteiger partial charge < -0.3 is 40.0 Å². The highest BCUT2D eigenvalue weighted by Crippen LogP contribution is 2.27. The Bertz CT molecular complexity index is 897. The topological polar surface area (TPSA) is 120 Å². The maximum Gasteiger partial charge on any atom is 0.410 e.